The number of halogens is 1. The summed E-state index contributed by atoms with van der Waals surface area (Å²) >= 11 is 16.5. The first-order chi connectivity index (χ1) is 40.0. The zero-order valence-corrected chi connectivity index (χ0v) is 48.7. The van der Waals surface area contributed by atoms with Crippen molar-refractivity contribution in [1.82, 2.24) is 14.8 Å². The molecule has 0 unspecified atom stereocenters. The molecule has 418 valence electrons. The van der Waals surface area contributed by atoms with Crippen molar-refractivity contribution < 1.29 is 58.6 Å². The first-order valence-electron chi connectivity index (χ1n) is 24.7. The SMILES string of the molecule is COC(=O)c1ccc(B(O)O)cc1.O=C(O)c1ccc(-c2cccc(/C=C3\SC(=S)N(Cc4ccccc4)C3=O)c2)cc1.O=C1CSC(=S)N1Cc1ccccc1.O=Cc1cccc(-c2ccc(C(=O)O)cc2)n1.O=Cc1cccc(Br)c1. The van der Waals surface area contributed by atoms with Crippen molar-refractivity contribution >= 4 is 133 Å². The molecule has 4 N–H and O–H groups in total. The van der Waals surface area contributed by atoms with Crippen LogP contribution in [0, 0.1) is 0 Å². The third-order valence-electron chi connectivity index (χ3n) is 11.7. The maximum Gasteiger partial charge on any atom is 0.488 e. The normalized spacial score (nSPS) is 12.7. The number of amides is 2. The second kappa shape index (κ2) is 32.2. The van der Waals surface area contributed by atoms with E-state index in [1.54, 1.807) is 76.5 Å². The number of benzene rings is 7. The summed E-state index contributed by atoms with van der Waals surface area (Å²) in [5, 5.41) is 35.3. The van der Waals surface area contributed by atoms with E-state index in [1.165, 1.54) is 67.0 Å². The summed E-state index contributed by atoms with van der Waals surface area (Å²) < 4.78 is 6.65. The molecule has 2 aliphatic heterocycles. The van der Waals surface area contributed by atoms with Crippen LogP contribution < -0.4 is 5.46 Å². The van der Waals surface area contributed by atoms with Crippen molar-refractivity contribution in [3.05, 3.63) is 254 Å². The number of carbonyl (C=O) groups is 7. The Bertz CT molecular complexity index is 3620. The van der Waals surface area contributed by atoms with Crippen LogP contribution in [-0.2, 0) is 27.4 Å². The van der Waals surface area contributed by atoms with E-state index in [0.29, 0.717) is 66.7 Å². The van der Waals surface area contributed by atoms with Gasteiger partial charge in [0.25, 0.3) is 5.91 Å². The highest BCUT2D eigenvalue weighted by molar-refractivity contribution is 9.10. The van der Waals surface area contributed by atoms with E-state index in [2.05, 4.69) is 25.7 Å². The minimum Gasteiger partial charge on any atom is -0.478 e. The first-order valence-corrected chi connectivity index (χ1v) is 28.1. The number of aldehydes is 2. The summed E-state index contributed by atoms with van der Waals surface area (Å²) in [5.74, 6) is -1.85. The largest absolute Gasteiger partial charge is 0.488 e. The maximum atomic E-state index is 12.9. The van der Waals surface area contributed by atoms with Gasteiger partial charge in [-0.1, -0.05) is 197 Å². The Balaban J connectivity index is 0.000000179. The van der Waals surface area contributed by atoms with Crippen LogP contribution in [0.1, 0.15) is 68.6 Å². The molecule has 3 heterocycles. The lowest BCUT2D eigenvalue weighted by Gasteiger charge is -2.14. The molecule has 0 radical (unpaired) electrons. The second-order valence-electron chi connectivity index (χ2n) is 17.4. The van der Waals surface area contributed by atoms with Gasteiger partial charge in [-0.15, -0.1) is 0 Å². The number of aromatic nitrogens is 1. The van der Waals surface area contributed by atoms with Crippen LogP contribution in [0.5, 0.6) is 0 Å². The molecule has 0 aliphatic carbocycles. The van der Waals surface area contributed by atoms with Crippen molar-refractivity contribution in [2.75, 3.05) is 12.9 Å². The molecule has 2 amide bonds. The van der Waals surface area contributed by atoms with Gasteiger partial charge in [-0.3, -0.25) is 29.0 Å². The van der Waals surface area contributed by atoms with Gasteiger partial charge < -0.3 is 25.0 Å². The molecule has 0 saturated carbocycles. The average Bonchev–Trinajstić information content (AvgIpc) is 4.25. The molecular formula is C62H49BBrN3O12S4. The van der Waals surface area contributed by atoms with Gasteiger partial charge in [0.05, 0.1) is 53.2 Å². The molecule has 83 heavy (non-hydrogen) atoms. The molecule has 21 heteroatoms. The Morgan fingerprint density at radius 2 is 1.16 bits per heavy atom. The van der Waals surface area contributed by atoms with Crippen LogP contribution in [0.4, 0.5) is 0 Å². The Kier molecular flexibility index (Phi) is 24.7. The number of carbonyl (C=O) groups excluding carboxylic acids is 5. The van der Waals surface area contributed by atoms with Crippen molar-refractivity contribution in [2.45, 2.75) is 13.1 Å². The van der Waals surface area contributed by atoms with Crippen LogP contribution in [0.2, 0.25) is 0 Å². The van der Waals surface area contributed by atoms with Crippen molar-refractivity contribution in [3.8, 4) is 22.4 Å². The van der Waals surface area contributed by atoms with Crippen molar-refractivity contribution in [2.24, 2.45) is 0 Å². The summed E-state index contributed by atoms with van der Waals surface area (Å²) in [6.45, 7) is 1.06. The highest BCUT2D eigenvalue weighted by atomic mass is 79.9. The summed E-state index contributed by atoms with van der Waals surface area (Å²) in [7, 11) is -0.219. The molecule has 15 nitrogen and oxygen atoms in total. The van der Waals surface area contributed by atoms with Gasteiger partial charge in [0.1, 0.15) is 20.6 Å². The standard InChI is InChI=1S/C24H17NO3S2.C13H9NO3.C10H9NOS2.C8H9BO4.C7H5BrO/c26-22-21(30-24(29)25(22)15-16-5-2-1-3-6-16)14-17-7-4-8-20(13-17)18-9-11-19(12-10-18)23(27)28;15-8-11-2-1-3-12(14-11)9-4-6-10(7-5-9)13(16)17;12-9-7-14-10(13)11(9)6-8-4-2-1-3-5-8;1-13-8(10)6-2-4-7(5-3-6)9(11)12;8-7-3-1-2-6(4-7)5-9/h1-14H,15H2,(H,27,28);1-8H,(H,16,17);1-5H,6-7H2;2-5,11-12H,1H3;1-5H/b21-14-;;;;. The number of thioether (sulfide) groups is 2. The molecule has 10 rings (SSSR count). The van der Waals surface area contributed by atoms with Gasteiger partial charge in [-0.2, -0.15) is 0 Å². The topological polar surface area (TPSA) is 229 Å². The molecule has 0 spiro atoms. The first kappa shape index (κ1) is 63.6. The van der Waals surface area contributed by atoms with Crippen LogP contribution >= 0.6 is 63.9 Å². The number of ether oxygens (including phenoxy) is 1. The fraction of sp³-hybridized carbons (Fsp3) is 0.0645. The van der Waals surface area contributed by atoms with E-state index in [9.17, 15) is 33.6 Å². The zero-order valence-electron chi connectivity index (χ0n) is 43.9. The number of pyridine rings is 1. The smallest absolute Gasteiger partial charge is 0.478 e. The summed E-state index contributed by atoms with van der Waals surface area (Å²) in [6, 6.07) is 58.7. The molecule has 1 aromatic heterocycles. The number of carboxylic acid groups (broad SMARTS) is 2. The summed E-state index contributed by atoms with van der Waals surface area (Å²) in [6.07, 6.45) is 3.35. The van der Waals surface area contributed by atoms with Gasteiger partial charge in [0, 0.05) is 15.6 Å². The van der Waals surface area contributed by atoms with Crippen LogP contribution in [0.3, 0.4) is 0 Å². The van der Waals surface area contributed by atoms with E-state index < -0.39 is 25.0 Å². The maximum absolute atomic E-state index is 12.9. The highest BCUT2D eigenvalue weighted by Crippen LogP contribution is 2.34. The third kappa shape index (κ3) is 19.6. The number of hydrogen-bond acceptors (Lipinski definition) is 15. The van der Waals surface area contributed by atoms with E-state index in [-0.39, 0.29) is 22.9 Å². The van der Waals surface area contributed by atoms with Gasteiger partial charge in [0.15, 0.2) is 6.29 Å². The monoisotopic (exact) mass is 1250 g/mol. The van der Waals surface area contributed by atoms with Gasteiger partial charge in [-0.25, -0.2) is 19.4 Å². The Morgan fingerprint density at radius 1 is 0.614 bits per heavy atom. The number of aromatic carboxylic acids is 2. The number of esters is 1. The number of carboxylic acids is 2. The Hall–Kier alpha value is -8.54. The zero-order chi connectivity index (χ0) is 59.8. The van der Waals surface area contributed by atoms with E-state index in [1.807, 2.05) is 103 Å². The van der Waals surface area contributed by atoms with Crippen molar-refractivity contribution in [1.29, 1.82) is 0 Å². The van der Waals surface area contributed by atoms with E-state index in [0.717, 1.165) is 44.1 Å². The summed E-state index contributed by atoms with van der Waals surface area (Å²) in [5.41, 5.74) is 8.55. The number of thiocarbonyl (C=S) groups is 2. The predicted molar refractivity (Wildman–Crippen MR) is 335 cm³/mol. The minimum absolute atomic E-state index is 0.0925. The van der Waals surface area contributed by atoms with Gasteiger partial charge in [0.2, 0.25) is 5.91 Å². The molecule has 7 aromatic carbocycles. The molecular weight excluding hydrogens is 1200 g/mol. The lowest BCUT2D eigenvalue weighted by molar-refractivity contribution is -0.124. The minimum atomic E-state index is -1.51. The number of hydrogen-bond donors (Lipinski definition) is 4. The van der Waals surface area contributed by atoms with Gasteiger partial charge >= 0.3 is 25.0 Å². The quantitative estimate of drug-likeness (QED) is 0.0276. The number of rotatable bonds is 13. The number of nitrogens with zero attached hydrogens (tertiary/aromatic N) is 3. The van der Waals surface area contributed by atoms with Gasteiger partial charge in [-0.05, 0) is 106 Å². The third-order valence-corrected chi connectivity index (χ3v) is 15.0. The fourth-order valence-corrected chi connectivity index (χ4v) is 10.2. The fourth-order valence-electron chi connectivity index (χ4n) is 7.42. The van der Waals surface area contributed by atoms with Crippen LogP contribution in [-0.4, -0.2) is 106 Å². The molecule has 0 atom stereocenters. The lowest BCUT2D eigenvalue weighted by Crippen LogP contribution is -2.29. The highest BCUT2D eigenvalue weighted by Gasteiger charge is 2.32. The molecule has 2 saturated heterocycles. The molecule has 0 bridgehead atoms. The average molecular weight is 1250 g/mol. The lowest BCUT2D eigenvalue weighted by atomic mass is 9.80. The Labute approximate surface area is 506 Å². The van der Waals surface area contributed by atoms with Crippen LogP contribution in [0.25, 0.3) is 28.5 Å². The summed E-state index contributed by atoms with van der Waals surface area (Å²) in [4.78, 5) is 85.7. The Morgan fingerprint density at radius 3 is 1.66 bits per heavy atom. The molecule has 2 aliphatic rings. The van der Waals surface area contributed by atoms with E-state index in [4.69, 9.17) is 44.7 Å². The second-order valence-corrected chi connectivity index (χ2v) is 21.6. The van der Waals surface area contributed by atoms with Crippen LogP contribution in [0.15, 0.2) is 210 Å². The molecule has 8 aromatic rings. The van der Waals surface area contributed by atoms with E-state index >= 15 is 0 Å². The molecule has 2 fully saturated rings. The number of methoxy groups -OCH3 is 1. The van der Waals surface area contributed by atoms with Crippen molar-refractivity contribution in [3.63, 3.8) is 0 Å². The predicted octanol–water partition coefficient (Wildman–Crippen LogP) is 11.2.